The standard InChI is InChI=1S/C20H16ClN3O3/c1-11-7-3-5-9-14(11)24-18-16(17(22-24)12(2)25)19(26)23(20(18)27)15-10-6-4-8-13(15)21/h3-10,16,18H,1-2H3/t16-,18+/m0/s1. The molecule has 27 heavy (non-hydrogen) atoms. The number of Topliss-reactive ketones (excluding diaryl/α,β-unsaturated/α-hetero) is 1. The average Bonchev–Trinajstić information content (AvgIpc) is 3.14. The summed E-state index contributed by atoms with van der Waals surface area (Å²) in [4.78, 5) is 39.6. The van der Waals surface area contributed by atoms with E-state index in [2.05, 4.69) is 5.10 Å². The number of ketones is 1. The van der Waals surface area contributed by atoms with Gasteiger partial charge in [-0.2, -0.15) is 5.10 Å². The molecule has 0 N–H and O–H groups in total. The zero-order valence-electron chi connectivity index (χ0n) is 14.7. The fourth-order valence-electron chi connectivity index (χ4n) is 3.59. The van der Waals surface area contributed by atoms with Gasteiger partial charge in [-0.3, -0.25) is 19.4 Å². The Hall–Kier alpha value is -2.99. The number of fused-ring (bicyclic) bond motifs is 1. The van der Waals surface area contributed by atoms with Crippen LogP contribution >= 0.6 is 11.6 Å². The minimum absolute atomic E-state index is 0.0937. The van der Waals surface area contributed by atoms with Crippen molar-refractivity contribution in [2.75, 3.05) is 9.91 Å². The van der Waals surface area contributed by atoms with Crippen LogP contribution in [0.2, 0.25) is 5.02 Å². The fourth-order valence-corrected chi connectivity index (χ4v) is 3.81. The molecule has 0 aromatic heterocycles. The molecule has 6 nitrogen and oxygen atoms in total. The first-order valence-electron chi connectivity index (χ1n) is 8.48. The molecule has 1 saturated heterocycles. The highest BCUT2D eigenvalue weighted by molar-refractivity contribution is 6.49. The average molecular weight is 382 g/mol. The lowest BCUT2D eigenvalue weighted by Crippen LogP contribution is -2.39. The maximum Gasteiger partial charge on any atom is 0.259 e. The lowest BCUT2D eigenvalue weighted by molar-refractivity contribution is -0.122. The molecular weight excluding hydrogens is 366 g/mol. The molecule has 2 atom stereocenters. The number of aryl methyl sites for hydroxylation is 1. The van der Waals surface area contributed by atoms with Gasteiger partial charge >= 0.3 is 0 Å². The number of anilines is 2. The lowest BCUT2D eigenvalue weighted by atomic mass is 9.95. The maximum absolute atomic E-state index is 13.2. The van der Waals surface area contributed by atoms with E-state index in [1.54, 1.807) is 24.3 Å². The van der Waals surface area contributed by atoms with Gasteiger partial charge in [0.05, 0.1) is 16.4 Å². The van der Waals surface area contributed by atoms with Crippen molar-refractivity contribution in [3.05, 3.63) is 59.1 Å². The molecule has 0 radical (unpaired) electrons. The van der Waals surface area contributed by atoms with E-state index in [1.165, 1.54) is 11.9 Å². The second kappa shape index (κ2) is 6.32. The number of imide groups is 1. The number of rotatable bonds is 3. The molecule has 0 aliphatic carbocycles. The van der Waals surface area contributed by atoms with Crippen LogP contribution in [-0.2, 0) is 14.4 Å². The molecular formula is C20H16ClN3O3. The first-order valence-corrected chi connectivity index (χ1v) is 8.86. The third-order valence-electron chi connectivity index (χ3n) is 4.87. The number of hydrogen-bond donors (Lipinski definition) is 0. The van der Waals surface area contributed by atoms with Crippen LogP contribution in [0.5, 0.6) is 0 Å². The predicted octanol–water partition coefficient (Wildman–Crippen LogP) is 2.97. The normalized spacial score (nSPS) is 21.5. The van der Waals surface area contributed by atoms with Crippen molar-refractivity contribution >= 4 is 46.3 Å². The van der Waals surface area contributed by atoms with Crippen LogP contribution in [0, 0.1) is 12.8 Å². The predicted molar refractivity (Wildman–Crippen MR) is 103 cm³/mol. The van der Waals surface area contributed by atoms with Gasteiger partial charge in [-0.25, -0.2) is 4.90 Å². The van der Waals surface area contributed by atoms with Gasteiger partial charge in [0, 0.05) is 6.92 Å². The minimum atomic E-state index is -0.939. The highest BCUT2D eigenvalue weighted by Gasteiger charge is 2.58. The molecule has 4 rings (SSSR count). The zero-order chi connectivity index (χ0) is 19.3. The third-order valence-corrected chi connectivity index (χ3v) is 5.19. The number of halogens is 1. The Bertz CT molecular complexity index is 1020. The van der Waals surface area contributed by atoms with Crippen molar-refractivity contribution in [2.24, 2.45) is 11.0 Å². The largest absolute Gasteiger partial charge is 0.293 e. The number of amides is 2. The first-order chi connectivity index (χ1) is 12.9. The minimum Gasteiger partial charge on any atom is -0.293 e. The Morgan fingerprint density at radius 1 is 1.00 bits per heavy atom. The van der Waals surface area contributed by atoms with Crippen LogP contribution < -0.4 is 9.91 Å². The highest BCUT2D eigenvalue weighted by Crippen LogP contribution is 2.40. The summed E-state index contributed by atoms with van der Waals surface area (Å²) in [6.45, 7) is 3.24. The molecule has 0 unspecified atom stereocenters. The van der Waals surface area contributed by atoms with Crippen LogP contribution in [0.1, 0.15) is 12.5 Å². The van der Waals surface area contributed by atoms with Gasteiger partial charge < -0.3 is 0 Å². The van der Waals surface area contributed by atoms with Gasteiger partial charge in [-0.05, 0) is 30.7 Å². The van der Waals surface area contributed by atoms with E-state index < -0.39 is 23.8 Å². The summed E-state index contributed by atoms with van der Waals surface area (Å²) in [6.07, 6.45) is 0. The van der Waals surface area contributed by atoms with Crippen molar-refractivity contribution in [2.45, 2.75) is 19.9 Å². The first kappa shape index (κ1) is 17.4. The van der Waals surface area contributed by atoms with E-state index in [0.717, 1.165) is 10.5 Å². The number of carbonyl (C=O) groups is 3. The van der Waals surface area contributed by atoms with Gasteiger partial charge in [-0.1, -0.05) is 41.9 Å². The monoisotopic (exact) mass is 381 g/mol. The van der Waals surface area contributed by atoms with E-state index in [0.29, 0.717) is 16.4 Å². The Labute approximate surface area is 161 Å². The molecule has 136 valence electrons. The van der Waals surface area contributed by atoms with Crippen molar-refractivity contribution in [1.29, 1.82) is 0 Å². The van der Waals surface area contributed by atoms with Crippen molar-refractivity contribution < 1.29 is 14.4 Å². The van der Waals surface area contributed by atoms with Gasteiger partial charge in [0.25, 0.3) is 5.91 Å². The van der Waals surface area contributed by atoms with Crippen molar-refractivity contribution in [3.8, 4) is 0 Å². The number of hydrazone groups is 1. The van der Waals surface area contributed by atoms with E-state index in [1.807, 2.05) is 31.2 Å². The summed E-state index contributed by atoms with van der Waals surface area (Å²) in [6, 6.07) is 13.2. The lowest BCUT2D eigenvalue weighted by Gasteiger charge is -2.23. The van der Waals surface area contributed by atoms with Crippen LogP contribution in [-0.4, -0.2) is 29.4 Å². The Morgan fingerprint density at radius 2 is 1.63 bits per heavy atom. The van der Waals surface area contributed by atoms with E-state index in [-0.39, 0.29) is 11.5 Å². The number of hydrogen-bond acceptors (Lipinski definition) is 5. The molecule has 7 heteroatoms. The molecule has 2 aromatic rings. The topological polar surface area (TPSA) is 70.1 Å². The zero-order valence-corrected chi connectivity index (χ0v) is 15.5. The van der Waals surface area contributed by atoms with E-state index >= 15 is 0 Å². The summed E-state index contributed by atoms with van der Waals surface area (Å²) < 4.78 is 0. The summed E-state index contributed by atoms with van der Waals surface area (Å²) in [7, 11) is 0. The molecule has 2 aliphatic rings. The highest BCUT2D eigenvalue weighted by atomic mass is 35.5. The van der Waals surface area contributed by atoms with Crippen molar-refractivity contribution in [1.82, 2.24) is 0 Å². The summed E-state index contributed by atoms with van der Waals surface area (Å²) >= 11 is 6.21. The van der Waals surface area contributed by atoms with E-state index in [4.69, 9.17) is 11.6 Å². The SMILES string of the molecule is CC(=O)C1=NN(c2ccccc2C)[C@H]2C(=O)N(c3ccccc3Cl)C(=O)[C@@H]12. The summed E-state index contributed by atoms with van der Waals surface area (Å²) in [5.41, 5.74) is 1.99. The Kier molecular flexibility index (Phi) is 4.08. The Morgan fingerprint density at radius 3 is 2.26 bits per heavy atom. The van der Waals surface area contributed by atoms with Crippen LogP contribution in [0.3, 0.4) is 0 Å². The molecule has 0 bridgehead atoms. The summed E-state index contributed by atoms with van der Waals surface area (Å²) in [5, 5.41) is 6.14. The molecule has 2 heterocycles. The molecule has 2 amide bonds. The molecule has 2 aliphatic heterocycles. The number of para-hydroxylation sites is 2. The number of nitrogens with zero attached hydrogens (tertiary/aromatic N) is 3. The maximum atomic E-state index is 13.2. The van der Waals surface area contributed by atoms with Gasteiger partial charge in [0.2, 0.25) is 5.91 Å². The van der Waals surface area contributed by atoms with Gasteiger partial charge in [0.15, 0.2) is 5.78 Å². The fraction of sp³-hybridized carbons (Fsp3) is 0.200. The van der Waals surface area contributed by atoms with Crippen LogP contribution in [0.15, 0.2) is 53.6 Å². The van der Waals surface area contributed by atoms with E-state index in [9.17, 15) is 14.4 Å². The molecule has 2 aromatic carbocycles. The van der Waals surface area contributed by atoms with Crippen LogP contribution in [0.4, 0.5) is 11.4 Å². The second-order valence-electron chi connectivity index (χ2n) is 6.56. The second-order valence-corrected chi connectivity index (χ2v) is 6.97. The molecule has 0 spiro atoms. The quantitative estimate of drug-likeness (QED) is 0.766. The molecule has 0 saturated carbocycles. The number of benzene rings is 2. The smallest absolute Gasteiger partial charge is 0.259 e. The van der Waals surface area contributed by atoms with Gasteiger partial charge in [0.1, 0.15) is 17.7 Å². The number of carbonyl (C=O) groups excluding carboxylic acids is 3. The summed E-state index contributed by atoms with van der Waals surface area (Å²) in [5.74, 6) is -2.20. The third kappa shape index (κ3) is 2.56. The molecule has 1 fully saturated rings. The van der Waals surface area contributed by atoms with Crippen LogP contribution in [0.25, 0.3) is 0 Å². The Balaban J connectivity index is 1.85. The van der Waals surface area contributed by atoms with Gasteiger partial charge in [-0.15, -0.1) is 0 Å². The van der Waals surface area contributed by atoms with Crippen molar-refractivity contribution in [3.63, 3.8) is 0 Å².